The molecule has 0 unspecified atom stereocenters. The molecule has 21 heavy (non-hydrogen) atoms. The number of carbonyl (C=O) groups excluding carboxylic acids is 1. The van der Waals surface area contributed by atoms with Crippen LogP contribution in [0.25, 0.3) is 6.08 Å². The maximum atomic E-state index is 12.7. The van der Waals surface area contributed by atoms with E-state index in [9.17, 15) is 10.1 Å². The van der Waals surface area contributed by atoms with Gasteiger partial charge in [0.05, 0.1) is 6.07 Å². The van der Waals surface area contributed by atoms with Crippen molar-refractivity contribution in [2.24, 2.45) is 0 Å². The van der Waals surface area contributed by atoms with Gasteiger partial charge in [-0.15, -0.1) is 0 Å². The van der Waals surface area contributed by atoms with Gasteiger partial charge in [0.2, 0.25) is 0 Å². The highest BCUT2D eigenvalue weighted by Crippen LogP contribution is 2.30. The van der Waals surface area contributed by atoms with E-state index in [1.165, 1.54) is 4.90 Å². The van der Waals surface area contributed by atoms with Crippen molar-refractivity contribution in [3.05, 3.63) is 77.0 Å². The normalized spacial score (nSPS) is 16.2. The van der Waals surface area contributed by atoms with Gasteiger partial charge in [0.15, 0.2) is 0 Å². The third kappa shape index (κ3) is 2.32. The Morgan fingerprint density at radius 2 is 2.00 bits per heavy atom. The van der Waals surface area contributed by atoms with Crippen LogP contribution in [0.3, 0.4) is 0 Å². The average Bonchev–Trinajstić information content (AvgIpc) is 2.53. The number of nitriles is 1. The molecule has 0 spiro atoms. The van der Waals surface area contributed by atoms with Crippen LogP contribution >= 0.6 is 0 Å². The first-order valence-corrected chi connectivity index (χ1v) is 6.77. The predicted octanol–water partition coefficient (Wildman–Crippen LogP) is 3.69. The van der Waals surface area contributed by atoms with Gasteiger partial charge in [0, 0.05) is 11.8 Å². The lowest BCUT2D eigenvalue weighted by Crippen LogP contribution is -2.31. The van der Waals surface area contributed by atoms with Crippen LogP contribution in [0, 0.1) is 18.3 Å². The first kappa shape index (κ1) is 13.1. The third-order valence-corrected chi connectivity index (χ3v) is 3.61. The molecule has 1 aliphatic heterocycles. The molecule has 0 radical (unpaired) electrons. The summed E-state index contributed by atoms with van der Waals surface area (Å²) in [4.78, 5) is 14.2. The Morgan fingerprint density at radius 1 is 1.19 bits per heavy atom. The van der Waals surface area contributed by atoms with Gasteiger partial charge in [-0.3, -0.25) is 9.69 Å². The summed E-state index contributed by atoms with van der Waals surface area (Å²) in [6, 6.07) is 16.7. The Balaban J connectivity index is 2.01. The molecule has 0 N–H and O–H groups in total. The summed E-state index contributed by atoms with van der Waals surface area (Å²) in [5, 5.41) is 9.48. The fourth-order valence-electron chi connectivity index (χ4n) is 2.55. The largest absolute Gasteiger partial charge is 0.294 e. The Hall–Kier alpha value is -2.86. The van der Waals surface area contributed by atoms with Gasteiger partial charge < -0.3 is 0 Å². The molecular weight excluding hydrogens is 260 g/mol. The van der Waals surface area contributed by atoms with Crippen LogP contribution in [0.15, 0.2) is 54.7 Å². The van der Waals surface area contributed by atoms with Gasteiger partial charge in [0.25, 0.3) is 5.91 Å². The van der Waals surface area contributed by atoms with Crippen LogP contribution in [0.5, 0.6) is 0 Å². The van der Waals surface area contributed by atoms with Gasteiger partial charge in [-0.25, -0.2) is 0 Å². The Morgan fingerprint density at radius 3 is 2.76 bits per heavy atom. The minimum Gasteiger partial charge on any atom is -0.294 e. The van der Waals surface area contributed by atoms with Crippen molar-refractivity contribution in [2.45, 2.75) is 13.0 Å². The summed E-state index contributed by atoms with van der Waals surface area (Å²) in [5.74, 6) is -0.156. The smallest absolute Gasteiger partial charge is 0.259 e. The second-order valence-electron chi connectivity index (χ2n) is 5.06. The maximum absolute atomic E-state index is 12.7. The first-order valence-electron chi connectivity index (χ1n) is 6.77. The fraction of sp³-hybridized carbons (Fsp3) is 0.111. The highest BCUT2D eigenvalue weighted by atomic mass is 16.2. The molecule has 102 valence electrons. The zero-order chi connectivity index (χ0) is 14.8. The Kier molecular flexibility index (Phi) is 3.29. The second-order valence-corrected chi connectivity index (χ2v) is 5.06. The predicted molar refractivity (Wildman–Crippen MR) is 81.2 cm³/mol. The van der Waals surface area contributed by atoms with Crippen LogP contribution in [-0.2, 0) is 0 Å². The molecule has 1 atom stereocenters. The molecule has 1 amide bonds. The van der Waals surface area contributed by atoms with Crippen molar-refractivity contribution >= 4 is 12.0 Å². The lowest BCUT2D eigenvalue weighted by Gasteiger charge is -2.28. The molecule has 0 saturated carbocycles. The zero-order valence-electron chi connectivity index (χ0n) is 11.7. The van der Waals surface area contributed by atoms with Crippen LogP contribution in [0.2, 0.25) is 0 Å². The summed E-state index contributed by atoms with van der Waals surface area (Å²) >= 11 is 0. The molecule has 1 aliphatic rings. The van der Waals surface area contributed by atoms with E-state index in [1.54, 1.807) is 12.3 Å². The summed E-state index contributed by atoms with van der Waals surface area (Å²) in [5.41, 5.74) is 3.47. The molecule has 1 heterocycles. The molecular formula is C18H14N2O. The van der Waals surface area contributed by atoms with Gasteiger partial charge in [-0.05, 0) is 36.3 Å². The molecule has 0 saturated heterocycles. The number of benzene rings is 2. The molecule has 0 aromatic heterocycles. The summed E-state index contributed by atoms with van der Waals surface area (Å²) in [6.45, 7) is 1.94. The minimum atomic E-state index is -0.584. The molecule has 3 nitrogen and oxygen atoms in total. The number of fused-ring (bicyclic) bond motifs is 1. The first-order chi connectivity index (χ1) is 10.2. The fourth-order valence-corrected chi connectivity index (χ4v) is 2.55. The van der Waals surface area contributed by atoms with E-state index in [0.717, 1.165) is 16.7 Å². The molecule has 3 rings (SSSR count). The minimum absolute atomic E-state index is 0.156. The molecule has 2 aromatic rings. The number of rotatable bonds is 1. The molecule has 0 fully saturated rings. The van der Waals surface area contributed by atoms with Crippen LogP contribution < -0.4 is 0 Å². The van der Waals surface area contributed by atoms with Crippen LogP contribution in [0.4, 0.5) is 0 Å². The van der Waals surface area contributed by atoms with Gasteiger partial charge >= 0.3 is 0 Å². The Bertz CT molecular complexity index is 771. The van der Waals surface area contributed by atoms with E-state index in [2.05, 4.69) is 6.07 Å². The lowest BCUT2D eigenvalue weighted by molar-refractivity contribution is 0.0794. The summed E-state index contributed by atoms with van der Waals surface area (Å²) in [6.07, 6.45) is 3.57. The standard InChI is InChI=1S/C18H14N2O/c1-13-5-4-7-15(11-13)18(21)20-10-9-14-6-2-3-8-16(14)17(20)12-19/h2-11,17H,1H3/t17-/m1/s1. The van der Waals surface area contributed by atoms with E-state index >= 15 is 0 Å². The molecule has 2 aromatic carbocycles. The van der Waals surface area contributed by atoms with Gasteiger partial charge in [-0.1, -0.05) is 42.0 Å². The van der Waals surface area contributed by atoms with Crippen LogP contribution in [0.1, 0.15) is 33.1 Å². The molecule has 0 bridgehead atoms. The summed E-state index contributed by atoms with van der Waals surface area (Å²) < 4.78 is 0. The number of nitrogens with zero attached hydrogens (tertiary/aromatic N) is 2. The third-order valence-electron chi connectivity index (χ3n) is 3.61. The molecule has 0 aliphatic carbocycles. The van der Waals surface area contributed by atoms with Crippen molar-refractivity contribution in [3.8, 4) is 6.07 Å². The highest BCUT2D eigenvalue weighted by Gasteiger charge is 2.28. The maximum Gasteiger partial charge on any atom is 0.259 e. The SMILES string of the molecule is Cc1cccc(C(=O)N2C=Cc3ccccc3[C@H]2C#N)c1. The number of hydrogen-bond donors (Lipinski definition) is 0. The number of aryl methyl sites for hydroxylation is 1. The highest BCUT2D eigenvalue weighted by molar-refractivity contribution is 5.96. The van der Waals surface area contributed by atoms with E-state index in [1.807, 2.05) is 55.5 Å². The monoisotopic (exact) mass is 274 g/mol. The van der Waals surface area contributed by atoms with E-state index in [4.69, 9.17) is 0 Å². The van der Waals surface area contributed by atoms with E-state index in [-0.39, 0.29) is 5.91 Å². The lowest BCUT2D eigenvalue weighted by atomic mass is 9.96. The topological polar surface area (TPSA) is 44.1 Å². The van der Waals surface area contributed by atoms with E-state index < -0.39 is 6.04 Å². The van der Waals surface area contributed by atoms with Crippen molar-refractivity contribution in [3.63, 3.8) is 0 Å². The van der Waals surface area contributed by atoms with Crippen molar-refractivity contribution in [2.75, 3.05) is 0 Å². The number of hydrogen-bond acceptors (Lipinski definition) is 2. The van der Waals surface area contributed by atoms with Crippen molar-refractivity contribution < 1.29 is 4.79 Å². The second kappa shape index (κ2) is 5.26. The number of amides is 1. The van der Waals surface area contributed by atoms with Crippen molar-refractivity contribution in [1.29, 1.82) is 5.26 Å². The van der Waals surface area contributed by atoms with Crippen molar-refractivity contribution in [1.82, 2.24) is 4.90 Å². The average molecular weight is 274 g/mol. The van der Waals surface area contributed by atoms with Crippen LogP contribution in [-0.4, -0.2) is 10.8 Å². The quantitative estimate of drug-likeness (QED) is 0.796. The van der Waals surface area contributed by atoms with E-state index in [0.29, 0.717) is 5.56 Å². The summed E-state index contributed by atoms with van der Waals surface area (Å²) in [7, 11) is 0. The number of carbonyl (C=O) groups is 1. The molecule has 3 heteroatoms. The van der Waals surface area contributed by atoms with Gasteiger partial charge in [-0.2, -0.15) is 5.26 Å². The Labute approximate surface area is 123 Å². The zero-order valence-corrected chi connectivity index (χ0v) is 11.7. The van der Waals surface area contributed by atoms with Gasteiger partial charge in [0.1, 0.15) is 6.04 Å².